The number of para-hydroxylation sites is 1. The lowest BCUT2D eigenvalue weighted by Crippen LogP contribution is -2.28. The molecule has 1 fully saturated rings. The Morgan fingerprint density at radius 2 is 2.23 bits per heavy atom. The molecule has 1 saturated heterocycles. The SMILES string of the molecule is COC(=O)CS[C@H]1CCN(C(=O)c2cc3ccccc3o2)C1. The number of hydrogen-bond donors (Lipinski definition) is 0. The van der Waals surface area contributed by atoms with Gasteiger partial charge in [-0.3, -0.25) is 9.59 Å². The van der Waals surface area contributed by atoms with E-state index in [4.69, 9.17) is 4.42 Å². The number of carbonyl (C=O) groups is 2. The monoisotopic (exact) mass is 319 g/mol. The van der Waals surface area contributed by atoms with Gasteiger partial charge >= 0.3 is 5.97 Å². The Labute approximate surface area is 132 Å². The van der Waals surface area contributed by atoms with E-state index in [2.05, 4.69) is 4.74 Å². The van der Waals surface area contributed by atoms with Crippen LogP contribution < -0.4 is 0 Å². The molecule has 0 spiro atoms. The first-order valence-corrected chi connectivity index (χ1v) is 8.18. The average Bonchev–Trinajstić information content (AvgIpc) is 3.18. The molecule has 3 rings (SSSR count). The number of hydrogen-bond acceptors (Lipinski definition) is 5. The fourth-order valence-corrected chi connectivity index (χ4v) is 3.58. The van der Waals surface area contributed by atoms with Gasteiger partial charge in [-0.05, 0) is 18.6 Å². The Kier molecular flexibility index (Phi) is 4.38. The number of esters is 1. The van der Waals surface area contributed by atoms with Gasteiger partial charge in [0.05, 0.1) is 12.9 Å². The van der Waals surface area contributed by atoms with Gasteiger partial charge in [-0.2, -0.15) is 0 Å². The number of rotatable bonds is 4. The molecule has 1 aromatic heterocycles. The van der Waals surface area contributed by atoms with Crippen molar-refractivity contribution in [1.29, 1.82) is 0 Å². The molecule has 116 valence electrons. The van der Waals surface area contributed by atoms with E-state index in [0.717, 1.165) is 17.4 Å². The van der Waals surface area contributed by atoms with Crippen LogP contribution in [-0.4, -0.2) is 48.0 Å². The van der Waals surface area contributed by atoms with Crippen molar-refractivity contribution in [3.63, 3.8) is 0 Å². The highest BCUT2D eigenvalue weighted by molar-refractivity contribution is 8.00. The standard InChI is InChI=1S/C16H17NO4S/c1-20-15(18)10-22-12-6-7-17(9-12)16(19)14-8-11-4-2-3-5-13(11)21-14/h2-5,8,12H,6-7,9-10H2,1H3/t12-/m0/s1. The maximum absolute atomic E-state index is 12.5. The van der Waals surface area contributed by atoms with Crippen molar-refractivity contribution in [1.82, 2.24) is 4.90 Å². The van der Waals surface area contributed by atoms with Crippen LogP contribution in [0, 0.1) is 0 Å². The molecule has 5 nitrogen and oxygen atoms in total. The summed E-state index contributed by atoms with van der Waals surface area (Å²) in [5, 5.41) is 1.20. The van der Waals surface area contributed by atoms with Gasteiger partial charge in [-0.25, -0.2) is 0 Å². The number of nitrogens with zero attached hydrogens (tertiary/aromatic N) is 1. The van der Waals surface area contributed by atoms with E-state index in [1.54, 1.807) is 11.0 Å². The summed E-state index contributed by atoms with van der Waals surface area (Å²) in [7, 11) is 1.38. The molecular formula is C16H17NO4S. The van der Waals surface area contributed by atoms with Crippen molar-refractivity contribution >= 4 is 34.6 Å². The second-order valence-electron chi connectivity index (χ2n) is 5.20. The third kappa shape index (κ3) is 3.11. The number of ether oxygens (including phenoxy) is 1. The number of carbonyl (C=O) groups excluding carboxylic acids is 2. The van der Waals surface area contributed by atoms with Crippen LogP contribution in [0.5, 0.6) is 0 Å². The molecule has 1 aromatic carbocycles. The molecule has 0 unspecified atom stereocenters. The number of amides is 1. The number of furan rings is 1. The fraction of sp³-hybridized carbons (Fsp3) is 0.375. The topological polar surface area (TPSA) is 59.8 Å². The Morgan fingerprint density at radius 3 is 3.00 bits per heavy atom. The zero-order valence-corrected chi connectivity index (χ0v) is 13.1. The van der Waals surface area contributed by atoms with Gasteiger partial charge in [0.15, 0.2) is 5.76 Å². The largest absolute Gasteiger partial charge is 0.468 e. The van der Waals surface area contributed by atoms with Gasteiger partial charge in [0, 0.05) is 23.7 Å². The molecule has 1 amide bonds. The highest BCUT2D eigenvalue weighted by Crippen LogP contribution is 2.26. The lowest BCUT2D eigenvalue weighted by molar-refractivity contribution is -0.137. The Bertz CT molecular complexity index is 663. The van der Waals surface area contributed by atoms with Crippen molar-refractivity contribution in [3.05, 3.63) is 36.1 Å². The van der Waals surface area contributed by atoms with Crippen LogP contribution in [-0.2, 0) is 9.53 Å². The molecule has 0 radical (unpaired) electrons. The third-order valence-corrected chi connectivity index (χ3v) is 4.99. The molecule has 1 aliphatic rings. The first-order chi connectivity index (χ1) is 10.7. The summed E-state index contributed by atoms with van der Waals surface area (Å²) in [6.07, 6.45) is 0.883. The first-order valence-electron chi connectivity index (χ1n) is 7.13. The van der Waals surface area contributed by atoms with Gasteiger partial charge in [-0.1, -0.05) is 18.2 Å². The van der Waals surface area contributed by atoms with Crippen LogP contribution in [0.1, 0.15) is 17.0 Å². The summed E-state index contributed by atoms with van der Waals surface area (Å²) in [5.74, 6) is 0.387. The summed E-state index contributed by atoms with van der Waals surface area (Å²) in [5.41, 5.74) is 0.724. The second-order valence-corrected chi connectivity index (χ2v) is 6.49. The zero-order valence-electron chi connectivity index (χ0n) is 12.3. The van der Waals surface area contributed by atoms with Crippen molar-refractivity contribution in [2.75, 3.05) is 26.0 Å². The molecule has 0 N–H and O–H groups in total. The molecule has 0 bridgehead atoms. The molecule has 1 aliphatic heterocycles. The van der Waals surface area contributed by atoms with E-state index in [9.17, 15) is 9.59 Å². The number of thioether (sulfide) groups is 1. The average molecular weight is 319 g/mol. The van der Waals surface area contributed by atoms with E-state index in [1.165, 1.54) is 18.9 Å². The van der Waals surface area contributed by atoms with Crippen molar-refractivity contribution in [2.45, 2.75) is 11.7 Å². The highest BCUT2D eigenvalue weighted by atomic mass is 32.2. The normalized spacial score (nSPS) is 17.9. The quantitative estimate of drug-likeness (QED) is 0.811. The predicted octanol–water partition coefficient (Wildman–Crippen LogP) is 2.55. The summed E-state index contributed by atoms with van der Waals surface area (Å²) >= 11 is 1.54. The second kappa shape index (κ2) is 6.44. The lowest BCUT2D eigenvalue weighted by Gasteiger charge is -2.14. The van der Waals surface area contributed by atoms with Crippen LogP contribution in [0.2, 0.25) is 0 Å². The minimum Gasteiger partial charge on any atom is -0.468 e. The van der Waals surface area contributed by atoms with Crippen LogP contribution in [0.15, 0.2) is 34.7 Å². The zero-order chi connectivity index (χ0) is 15.5. The summed E-state index contributed by atoms with van der Waals surface area (Å²) < 4.78 is 10.3. The number of fused-ring (bicyclic) bond motifs is 1. The van der Waals surface area contributed by atoms with Crippen molar-refractivity contribution < 1.29 is 18.7 Å². The van der Waals surface area contributed by atoms with E-state index in [1.807, 2.05) is 24.3 Å². The Balaban J connectivity index is 1.62. The minimum absolute atomic E-state index is 0.0858. The summed E-state index contributed by atoms with van der Waals surface area (Å²) in [4.78, 5) is 25.4. The minimum atomic E-state index is -0.230. The molecule has 2 heterocycles. The van der Waals surface area contributed by atoms with Crippen LogP contribution in [0.4, 0.5) is 0 Å². The van der Waals surface area contributed by atoms with Crippen LogP contribution in [0.3, 0.4) is 0 Å². The van der Waals surface area contributed by atoms with Crippen molar-refractivity contribution in [3.8, 4) is 0 Å². The first kappa shape index (κ1) is 15.0. The summed E-state index contributed by atoms with van der Waals surface area (Å²) in [6, 6.07) is 9.36. The summed E-state index contributed by atoms with van der Waals surface area (Å²) in [6.45, 7) is 1.33. The van der Waals surface area contributed by atoms with Crippen molar-refractivity contribution in [2.24, 2.45) is 0 Å². The molecule has 0 saturated carbocycles. The van der Waals surface area contributed by atoms with Gasteiger partial charge in [0.2, 0.25) is 0 Å². The number of likely N-dealkylation sites (tertiary alicyclic amines) is 1. The molecule has 0 aliphatic carbocycles. The molecule has 22 heavy (non-hydrogen) atoms. The third-order valence-electron chi connectivity index (χ3n) is 3.73. The molecule has 2 aromatic rings. The highest BCUT2D eigenvalue weighted by Gasteiger charge is 2.29. The smallest absolute Gasteiger partial charge is 0.315 e. The van der Waals surface area contributed by atoms with Gasteiger partial charge in [0.25, 0.3) is 5.91 Å². The fourth-order valence-electron chi connectivity index (χ4n) is 2.54. The Morgan fingerprint density at radius 1 is 1.41 bits per heavy atom. The molecule has 6 heteroatoms. The number of methoxy groups -OCH3 is 1. The van der Waals surface area contributed by atoms with Gasteiger partial charge in [0.1, 0.15) is 5.58 Å². The van der Waals surface area contributed by atoms with Crippen LogP contribution in [0.25, 0.3) is 11.0 Å². The van der Waals surface area contributed by atoms with E-state index in [0.29, 0.717) is 24.6 Å². The van der Waals surface area contributed by atoms with E-state index < -0.39 is 0 Å². The molecule has 1 atom stereocenters. The Hall–Kier alpha value is -1.95. The number of benzene rings is 1. The van der Waals surface area contributed by atoms with Crippen LogP contribution >= 0.6 is 11.8 Å². The maximum Gasteiger partial charge on any atom is 0.315 e. The molecular weight excluding hydrogens is 302 g/mol. The van der Waals surface area contributed by atoms with Gasteiger partial charge in [-0.15, -0.1) is 11.8 Å². The van der Waals surface area contributed by atoms with Gasteiger partial charge < -0.3 is 14.1 Å². The maximum atomic E-state index is 12.5. The van der Waals surface area contributed by atoms with E-state index in [-0.39, 0.29) is 17.1 Å². The predicted molar refractivity (Wildman–Crippen MR) is 85.0 cm³/mol. The lowest BCUT2D eigenvalue weighted by atomic mass is 10.2. The van der Waals surface area contributed by atoms with E-state index >= 15 is 0 Å².